The topological polar surface area (TPSA) is 62.7 Å². The molecule has 1 aliphatic rings. The molecule has 5 heteroatoms. The number of hydrogen-bond donors (Lipinski definition) is 1. The third-order valence-corrected chi connectivity index (χ3v) is 3.58. The van der Waals surface area contributed by atoms with Crippen molar-refractivity contribution in [3.63, 3.8) is 0 Å². The fourth-order valence-electron chi connectivity index (χ4n) is 2.66. The van der Waals surface area contributed by atoms with E-state index >= 15 is 0 Å². The van der Waals surface area contributed by atoms with Gasteiger partial charge in [0.15, 0.2) is 0 Å². The van der Waals surface area contributed by atoms with E-state index in [4.69, 9.17) is 0 Å². The van der Waals surface area contributed by atoms with E-state index in [-0.39, 0.29) is 6.61 Å². The summed E-state index contributed by atoms with van der Waals surface area (Å²) in [5, 5.41) is 9.23. The Hall–Kier alpha value is -1.62. The number of ether oxygens (including phenoxy) is 1. The van der Waals surface area contributed by atoms with Gasteiger partial charge in [0.1, 0.15) is 5.69 Å². The van der Waals surface area contributed by atoms with Crippen molar-refractivity contribution >= 4 is 11.7 Å². The smallest absolute Gasteiger partial charge is 0.356 e. The Morgan fingerprint density at radius 2 is 2.26 bits per heavy atom. The van der Waals surface area contributed by atoms with E-state index in [9.17, 15) is 9.90 Å². The van der Waals surface area contributed by atoms with Gasteiger partial charge in [-0.3, -0.25) is 0 Å². The van der Waals surface area contributed by atoms with Crippen molar-refractivity contribution in [2.24, 2.45) is 0 Å². The minimum atomic E-state index is -0.433. The molecule has 1 aromatic heterocycles. The molecule has 0 radical (unpaired) electrons. The number of methoxy groups -OCH3 is 1. The summed E-state index contributed by atoms with van der Waals surface area (Å²) >= 11 is 0. The standard InChI is InChI=1S/C14H20N2O3/c1-19-14(18)13-10-12(6-7-15-13)16(8-9-17)11-4-2-3-5-11/h6-7,10-11,17H,2-5,8-9H2,1H3. The van der Waals surface area contributed by atoms with Gasteiger partial charge in [0.2, 0.25) is 0 Å². The van der Waals surface area contributed by atoms with E-state index in [1.54, 1.807) is 12.3 Å². The maximum Gasteiger partial charge on any atom is 0.356 e. The van der Waals surface area contributed by atoms with Crippen LogP contribution < -0.4 is 4.90 Å². The first-order valence-corrected chi connectivity index (χ1v) is 6.68. The van der Waals surface area contributed by atoms with Crippen molar-refractivity contribution < 1.29 is 14.6 Å². The SMILES string of the molecule is COC(=O)c1cc(N(CCO)C2CCCC2)ccn1. The van der Waals surface area contributed by atoms with Crippen LogP contribution in [0.1, 0.15) is 36.2 Å². The van der Waals surface area contributed by atoms with Gasteiger partial charge in [-0.05, 0) is 25.0 Å². The van der Waals surface area contributed by atoms with Crippen LogP contribution in [0.25, 0.3) is 0 Å². The Morgan fingerprint density at radius 1 is 1.53 bits per heavy atom. The number of hydrogen-bond acceptors (Lipinski definition) is 5. The zero-order chi connectivity index (χ0) is 13.7. The van der Waals surface area contributed by atoms with Gasteiger partial charge in [-0.25, -0.2) is 9.78 Å². The molecule has 0 unspecified atom stereocenters. The quantitative estimate of drug-likeness (QED) is 0.819. The average molecular weight is 264 g/mol. The molecular formula is C14H20N2O3. The number of pyridine rings is 1. The number of carbonyl (C=O) groups is 1. The van der Waals surface area contributed by atoms with Gasteiger partial charge in [0.05, 0.1) is 13.7 Å². The molecule has 0 aromatic carbocycles. The van der Waals surface area contributed by atoms with Crippen LogP contribution in [-0.2, 0) is 4.74 Å². The van der Waals surface area contributed by atoms with Gasteiger partial charge in [0, 0.05) is 24.5 Å². The number of aromatic nitrogens is 1. The molecule has 0 saturated heterocycles. The third-order valence-electron chi connectivity index (χ3n) is 3.58. The fourth-order valence-corrected chi connectivity index (χ4v) is 2.66. The van der Waals surface area contributed by atoms with Gasteiger partial charge >= 0.3 is 5.97 Å². The normalized spacial score (nSPS) is 15.5. The van der Waals surface area contributed by atoms with Crippen molar-refractivity contribution in [2.75, 3.05) is 25.2 Å². The summed E-state index contributed by atoms with van der Waals surface area (Å²) in [4.78, 5) is 17.7. The van der Waals surface area contributed by atoms with Crippen molar-refractivity contribution in [2.45, 2.75) is 31.7 Å². The fraction of sp³-hybridized carbons (Fsp3) is 0.571. The molecule has 5 nitrogen and oxygen atoms in total. The van der Waals surface area contributed by atoms with Crippen molar-refractivity contribution in [3.8, 4) is 0 Å². The lowest BCUT2D eigenvalue weighted by Crippen LogP contribution is -2.35. The summed E-state index contributed by atoms with van der Waals surface area (Å²) in [5.41, 5.74) is 1.23. The maximum absolute atomic E-state index is 11.5. The van der Waals surface area contributed by atoms with E-state index in [2.05, 4.69) is 14.6 Å². The number of carbonyl (C=O) groups excluding carboxylic acids is 1. The van der Waals surface area contributed by atoms with Crippen molar-refractivity contribution in [1.29, 1.82) is 0 Å². The number of esters is 1. The Kier molecular flexibility index (Phi) is 4.74. The van der Waals surface area contributed by atoms with Crippen LogP contribution in [-0.4, -0.2) is 42.4 Å². The van der Waals surface area contributed by atoms with E-state index in [0.29, 0.717) is 18.3 Å². The lowest BCUT2D eigenvalue weighted by atomic mass is 10.1. The van der Waals surface area contributed by atoms with E-state index in [1.807, 2.05) is 6.07 Å². The van der Waals surface area contributed by atoms with Gasteiger partial charge < -0.3 is 14.7 Å². The number of aliphatic hydroxyl groups excluding tert-OH is 1. The molecule has 1 saturated carbocycles. The lowest BCUT2D eigenvalue weighted by Gasteiger charge is -2.30. The van der Waals surface area contributed by atoms with Crippen LogP contribution in [0.2, 0.25) is 0 Å². The lowest BCUT2D eigenvalue weighted by molar-refractivity contribution is 0.0594. The van der Waals surface area contributed by atoms with Crippen LogP contribution in [0.15, 0.2) is 18.3 Å². The highest BCUT2D eigenvalue weighted by Crippen LogP contribution is 2.28. The van der Waals surface area contributed by atoms with Crippen LogP contribution >= 0.6 is 0 Å². The van der Waals surface area contributed by atoms with Gasteiger partial charge in [-0.15, -0.1) is 0 Å². The molecular weight excluding hydrogens is 244 g/mol. The van der Waals surface area contributed by atoms with Gasteiger partial charge in [-0.1, -0.05) is 12.8 Å². The molecule has 1 aromatic rings. The number of aliphatic hydroxyl groups is 1. The van der Waals surface area contributed by atoms with Crippen molar-refractivity contribution in [3.05, 3.63) is 24.0 Å². The summed E-state index contributed by atoms with van der Waals surface area (Å²) in [7, 11) is 1.35. The number of anilines is 1. The Balaban J connectivity index is 2.22. The monoisotopic (exact) mass is 264 g/mol. The molecule has 0 aliphatic heterocycles. The summed E-state index contributed by atoms with van der Waals surface area (Å²) < 4.78 is 4.69. The third kappa shape index (κ3) is 3.23. The first-order chi connectivity index (χ1) is 9.26. The van der Waals surface area contributed by atoms with Gasteiger partial charge in [-0.2, -0.15) is 0 Å². The Labute approximate surface area is 113 Å². The molecule has 1 fully saturated rings. The molecule has 104 valence electrons. The highest BCUT2D eigenvalue weighted by molar-refractivity contribution is 5.88. The molecule has 19 heavy (non-hydrogen) atoms. The first kappa shape index (κ1) is 13.8. The van der Waals surface area contributed by atoms with E-state index in [1.165, 1.54) is 20.0 Å². The highest BCUT2D eigenvalue weighted by Gasteiger charge is 2.23. The second-order valence-corrected chi connectivity index (χ2v) is 4.75. The summed E-state index contributed by atoms with van der Waals surface area (Å²) in [6, 6.07) is 4.06. The predicted molar refractivity (Wildman–Crippen MR) is 72.3 cm³/mol. The summed E-state index contributed by atoms with van der Waals surface area (Å²) in [5.74, 6) is -0.433. The van der Waals surface area contributed by atoms with Crippen molar-refractivity contribution in [1.82, 2.24) is 4.98 Å². The molecule has 2 rings (SSSR count). The Morgan fingerprint density at radius 3 is 2.89 bits per heavy atom. The minimum absolute atomic E-state index is 0.104. The van der Waals surface area contributed by atoms with Crippen LogP contribution in [0.4, 0.5) is 5.69 Å². The van der Waals surface area contributed by atoms with Crippen LogP contribution in [0.5, 0.6) is 0 Å². The minimum Gasteiger partial charge on any atom is -0.464 e. The average Bonchev–Trinajstić information content (AvgIpc) is 2.98. The zero-order valence-electron chi connectivity index (χ0n) is 11.2. The molecule has 0 bridgehead atoms. The molecule has 0 atom stereocenters. The molecule has 1 aliphatic carbocycles. The maximum atomic E-state index is 11.5. The second kappa shape index (κ2) is 6.52. The van der Waals surface area contributed by atoms with Crippen LogP contribution in [0, 0.1) is 0 Å². The molecule has 1 heterocycles. The Bertz CT molecular complexity index is 430. The largest absolute Gasteiger partial charge is 0.464 e. The van der Waals surface area contributed by atoms with E-state index < -0.39 is 5.97 Å². The highest BCUT2D eigenvalue weighted by atomic mass is 16.5. The predicted octanol–water partition coefficient (Wildman–Crippen LogP) is 1.61. The zero-order valence-corrected chi connectivity index (χ0v) is 11.2. The second-order valence-electron chi connectivity index (χ2n) is 4.75. The van der Waals surface area contributed by atoms with Gasteiger partial charge in [0.25, 0.3) is 0 Å². The number of rotatable bonds is 5. The molecule has 0 spiro atoms. The number of nitrogens with zero attached hydrogens (tertiary/aromatic N) is 2. The summed E-state index contributed by atoms with van der Waals surface area (Å²) in [6.45, 7) is 0.682. The van der Waals surface area contributed by atoms with E-state index in [0.717, 1.165) is 18.5 Å². The summed E-state index contributed by atoms with van der Waals surface area (Å²) in [6.07, 6.45) is 6.33. The van der Waals surface area contributed by atoms with Crippen LogP contribution in [0.3, 0.4) is 0 Å². The molecule has 0 amide bonds. The molecule has 1 N–H and O–H groups in total. The first-order valence-electron chi connectivity index (χ1n) is 6.68.